The Kier molecular flexibility index (Phi) is 3.42. The summed E-state index contributed by atoms with van der Waals surface area (Å²) in [5, 5.41) is 12.4. The third-order valence-electron chi connectivity index (χ3n) is 2.72. The highest BCUT2D eigenvalue weighted by molar-refractivity contribution is 7.99. The molecule has 0 amide bonds. The summed E-state index contributed by atoms with van der Waals surface area (Å²) in [6.07, 6.45) is 1.40. The SMILES string of the molecule is OCc1c(Cl)ncnc1Sc1cc2ccccc2[nH]1. The maximum atomic E-state index is 9.33. The lowest BCUT2D eigenvalue weighted by Crippen LogP contribution is -1.95. The Hall–Kier alpha value is -1.56. The molecule has 96 valence electrons. The van der Waals surface area contributed by atoms with Crippen molar-refractivity contribution in [3.05, 3.63) is 47.4 Å². The van der Waals surface area contributed by atoms with Gasteiger partial charge in [0.15, 0.2) is 0 Å². The summed E-state index contributed by atoms with van der Waals surface area (Å²) in [5.41, 5.74) is 1.61. The number of halogens is 1. The number of nitrogens with one attached hydrogen (secondary N) is 1. The smallest absolute Gasteiger partial charge is 0.139 e. The lowest BCUT2D eigenvalue weighted by molar-refractivity contribution is 0.277. The molecule has 0 radical (unpaired) electrons. The first-order valence-corrected chi connectivity index (χ1v) is 6.83. The molecule has 2 N–H and O–H groups in total. The number of nitrogens with zero attached hydrogens (tertiary/aromatic N) is 2. The predicted octanol–water partition coefficient (Wildman–Crippen LogP) is 3.25. The molecule has 0 aliphatic heterocycles. The van der Waals surface area contributed by atoms with Crippen molar-refractivity contribution in [3.8, 4) is 0 Å². The van der Waals surface area contributed by atoms with Crippen molar-refractivity contribution in [1.29, 1.82) is 0 Å². The minimum absolute atomic E-state index is 0.178. The van der Waals surface area contributed by atoms with Crippen LogP contribution in [-0.2, 0) is 6.61 Å². The van der Waals surface area contributed by atoms with E-state index in [1.54, 1.807) is 0 Å². The molecular formula is C13H10ClN3OS. The van der Waals surface area contributed by atoms with Gasteiger partial charge in [0.1, 0.15) is 16.5 Å². The monoisotopic (exact) mass is 291 g/mol. The molecule has 19 heavy (non-hydrogen) atoms. The maximum Gasteiger partial charge on any atom is 0.139 e. The Balaban J connectivity index is 1.99. The zero-order valence-corrected chi connectivity index (χ0v) is 11.4. The summed E-state index contributed by atoms with van der Waals surface area (Å²) in [6, 6.07) is 10.1. The van der Waals surface area contributed by atoms with Crippen LogP contribution in [0.25, 0.3) is 10.9 Å². The molecule has 0 spiro atoms. The third kappa shape index (κ3) is 2.45. The molecule has 0 bridgehead atoms. The summed E-state index contributed by atoms with van der Waals surface area (Å²) >= 11 is 7.37. The van der Waals surface area contributed by atoms with Gasteiger partial charge in [-0.1, -0.05) is 41.6 Å². The van der Waals surface area contributed by atoms with Crippen LogP contribution in [0.3, 0.4) is 0 Å². The van der Waals surface area contributed by atoms with E-state index in [1.165, 1.54) is 18.1 Å². The molecule has 0 aliphatic carbocycles. The van der Waals surface area contributed by atoms with Gasteiger partial charge in [0.05, 0.1) is 11.6 Å². The Morgan fingerprint density at radius 1 is 1.26 bits per heavy atom. The molecule has 4 nitrogen and oxygen atoms in total. The van der Waals surface area contributed by atoms with Crippen molar-refractivity contribution < 1.29 is 5.11 Å². The average Bonchev–Trinajstić information content (AvgIpc) is 2.81. The standard InChI is InChI=1S/C13H10ClN3OS/c14-12-9(6-18)13(16-7-15-12)19-11-5-8-3-1-2-4-10(8)17-11/h1-5,7,17-18H,6H2. The molecule has 0 saturated heterocycles. The average molecular weight is 292 g/mol. The first-order valence-electron chi connectivity index (χ1n) is 5.64. The Morgan fingerprint density at radius 2 is 2.11 bits per heavy atom. The zero-order chi connectivity index (χ0) is 13.2. The van der Waals surface area contributed by atoms with Gasteiger partial charge >= 0.3 is 0 Å². The van der Waals surface area contributed by atoms with Gasteiger partial charge < -0.3 is 10.1 Å². The first-order chi connectivity index (χ1) is 9.28. The fourth-order valence-electron chi connectivity index (χ4n) is 1.80. The minimum Gasteiger partial charge on any atom is -0.391 e. The molecule has 6 heteroatoms. The van der Waals surface area contributed by atoms with E-state index in [2.05, 4.69) is 15.0 Å². The number of para-hydroxylation sites is 1. The molecule has 0 saturated carbocycles. The predicted molar refractivity (Wildman–Crippen MR) is 75.4 cm³/mol. The summed E-state index contributed by atoms with van der Waals surface area (Å²) < 4.78 is 0. The number of H-pyrrole nitrogens is 1. The van der Waals surface area contributed by atoms with Crippen LogP contribution >= 0.6 is 23.4 Å². The number of benzene rings is 1. The Bertz CT molecular complexity index is 696. The number of rotatable bonds is 3. The van der Waals surface area contributed by atoms with Crippen LogP contribution in [0.4, 0.5) is 0 Å². The van der Waals surface area contributed by atoms with Gasteiger partial charge in [0.2, 0.25) is 0 Å². The van der Waals surface area contributed by atoms with E-state index < -0.39 is 0 Å². The van der Waals surface area contributed by atoms with Crippen molar-refractivity contribution in [2.24, 2.45) is 0 Å². The molecule has 2 heterocycles. The number of hydrogen-bond donors (Lipinski definition) is 2. The summed E-state index contributed by atoms with van der Waals surface area (Å²) in [6.45, 7) is -0.178. The Morgan fingerprint density at radius 3 is 2.89 bits per heavy atom. The quantitative estimate of drug-likeness (QED) is 0.727. The number of fused-ring (bicyclic) bond motifs is 1. The maximum absolute atomic E-state index is 9.33. The van der Waals surface area contributed by atoms with Crippen molar-refractivity contribution in [2.75, 3.05) is 0 Å². The zero-order valence-electron chi connectivity index (χ0n) is 9.80. The first kappa shape index (κ1) is 12.5. The van der Waals surface area contributed by atoms with Crippen molar-refractivity contribution in [3.63, 3.8) is 0 Å². The largest absolute Gasteiger partial charge is 0.391 e. The van der Waals surface area contributed by atoms with Crippen LogP contribution in [0.15, 0.2) is 46.7 Å². The molecule has 1 aromatic carbocycles. The van der Waals surface area contributed by atoms with Crippen LogP contribution in [0.2, 0.25) is 5.15 Å². The molecule has 0 fully saturated rings. The Labute approximate surface area is 118 Å². The summed E-state index contributed by atoms with van der Waals surface area (Å²) in [4.78, 5) is 11.3. The molecule has 0 atom stereocenters. The van der Waals surface area contributed by atoms with Gasteiger partial charge in [-0.25, -0.2) is 9.97 Å². The number of aliphatic hydroxyl groups is 1. The number of aromatic amines is 1. The summed E-state index contributed by atoms with van der Waals surface area (Å²) in [5.74, 6) is 0. The number of aliphatic hydroxyl groups excluding tert-OH is 1. The van der Waals surface area contributed by atoms with Crippen LogP contribution in [0, 0.1) is 0 Å². The van der Waals surface area contributed by atoms with Crippen LogP contribution in [-0.4, -0.2) is 20.1 Å². The van der Waals surface area contributed by atoms with E-state index in [-0.39, 0.29) is 11.8 Å². The second-order valence-electron chi connectivity index (χ2n) is 3.93. The van der Waals surface area contributed by atoms with Crippen LogP contribution < -0.4 is 0 Å². The van der Waals surface area contributed by atoms with Gasteiger partial charge in [-0.3, -0.25) is 0 Å². The van der Waals surface area contributed by atoms with Crippen molar-refractivity contribution in [2.45, 2.75) is 16.7 Å². The molecular weight excluding hydrogens is 282 g/mol. The molecule has 3 aromatic rings. The van der Waals surface area contributed by atoms with Gasteiger partial charge in [-0.05, 0) is 12.1 Å². The van der Waals surface area contributed by atoms with Gasteiger partial charge in [-0.2, -0.15) is 0 Å². The molecule has 0 aliphatic rings. The lowest BCUT2D eigenvalue weighted by atomic mass is 10.3. The lowest BCUT2D eigenvalue weighted by Gasteiger charge is -2.05. The fourth-order valence-corrected chi connectivity index (χ4v) is 2.99. The van der Waals surface area contributed by atoms with E-state index >= 15 is 0 Å². The van der Waals surface area contributed by atoms with E-state index in [4.69, 9.17) is 11.6 Å². The van der Waals surface area contributed by atoms with Gasteiger partial charge in [0.25, 0.3) is 0 Å². The summed E-state index contributed by atoms with van der Waals surface area (Å²) in [7, 11) is 0. The van der Waals surface area contributed by atoms with E-state index in [1.807, 2.05) is 30.3 Å². The van der Waals surface area contributed by atoms with Crippen molar-refractivity contribution >= 4 is 34.3 Å². The molecule has 3 rings (SSSR count). The fraction of sp³-hybridized carbons (Fsp3) is 0.0769. The highest BCUT2D eigenvalue weighted by Gasteiger charge is 2.11. The topological polar surface area (TPSA) is 61.8 Å². The van der Waals surface area contributed by atoms with Crippen molar-refractivity contribution in [1.82, 2.24) is 15.0 Å². The second kappa shape index (κ2) is 5.21. The van der Waals surface area contributed by atoms with Gasteiger partial charge in [-0.15, -0.1) is 0 Å². The molecule has 0 unspecified atom stereocenters. The highest BCUT2D eigenvalue weighted by atomic mass is 35.5. The third-order valence-corrected chi connectivity index (χ3v) is 4.03. The number of aromatic nitrogens is 3. The second-order valence-corrected chi connectivity index (χ2v) is 5.32. The van der Waals surface area contributed by atoms with Gasteiger partial charge in [0, 0.05) is 16.5 Å². The highest BCUT2D eigenvalue weighted by Crippen LogP contribution is 2.32. The van der Waals surface area contributed by atoms with Crippen LogP contribution in [0.5, 0.6) is 0 Å². The molecule has 2 aromatic heterocycles. The van der Waals surface area contributed by atoms with E-state index in [0.717, 1.165) is 15.9 Å². The van der Waals surface area contributed by atoms with Crippen LogP contribution in [0.1, 0.15) is 5.56 Å². The number of hydrogen-bond acceptors (Lipinski definition) is 4. The minimum atomic E-state index is -0.178. The van der Waals surface area contributed by atoms with E-state index in [9.17, 15) is 5.11 Å². The normalized spacial score (nSPS) is 11.1. The van der Waals surface area contributed by atoms with E-state index in [0.29, 0.717) is 10.6 Å².